The molecule has 1 aromatic rings. The molecule has 4 rings (SSSR count). The zero-order valence-electron chi connectivity index (χ0n) is 22.2. The monoisotopic (exact) mass is 524 g/mol. The summed E-state index contributed by atoms with van der Waals surface area (Å²) in [6, 6.07) is 2.83. The molecule has 1 unspecified atom stereocenters. The minimum Gasteiger partial charge on any atom is -0.511 e. The Morgan fingerprint density at radius 3 is 2.32 bits per heavy atom. The minimum absolute atomic E-state index is 0.0132. The van der Waals surface area contributed by atoms with Crippen LogP contribution in [0.5, 0.6) is 5.75 Å². The Hall–Kier alpha value is -3.72. The number of fused-ring (bicyclic) bond motifs is 3. The van der Waals surface area contributed by atoms with Gasteiger partial charge >= 0.3 is 5.97 Å². The highest BCUT2D eigenvalue weighted by atomic mass is 16.5. The van der Waals surface area contributed by atoms with Gasteiger partial charge in [-0.1, -0.05) is 33.8 Å². The SMILES string of the molecule is COC(=O)/C=C/c1ccc(O)c2c1C[C@]1(C)C[C@]3(C)C(C(C)C)C(O)=C(C(C)=O)C(=O)[C@]3(O)C(O)=C1C2=O. The largest absolute Gasteiger partial charge is 0.511 e. The summed E-state index contributed by atoms with van der Waals surface area (Å²) in [6.07, 6.45) is 2.74. The van der Waals surface area contributed by atoms with E-state index in [1.165, 1.54) is 25.3 Å². The molecule has 202 valence electrons. The van der Waals surface area contributed by atoms with Crippen molar-refractivity contribution in [1.82, 2.24) is 0 Å². The van der Waals surface area contributed by atoms with E-state index in [1.807, 2.05) is 0 Å². The number of esters is 1. The average Bonchev–Trinajstić information content (AvgIpc) is 2.80. The molecule has 3 aliphatic rings. The number of aromatic hydroxyl groups is 1. The number of carbonyl (C=O) groups excluding carboxylic acids is 4. The first-order chi connectivity index (χ1) is 17.6. The maximum absolute atomic E-state index is 13.9. The molecule has 0 fully saturated rings. The van der Waals surface area contributed by atoms with E-state index in [2.05, 4.69) is 4.74 Å². The van der Waals surface area contributed by atoms with Gasteiger partial charge in [0.2, 0.25) is 5.78 Å². The number of rotatable bonds is 4. The summed E-state index contributed by atoms with van der Waals surface area (Å²) in [5.41, 5.74) is -5.33. The number of aliphatic hydroxyl groups is 3. The minimum atomic E-state index is -2.66. The van der Waals surface area contributed by atoms with E-state index >= 15 is 0 Å². The number of Topliss-reactive ketones (excluding diaryl/α,β-unsaturated/α-hetero) is 3. The van der Waals surface area contributed by atoms with E-state index in [0.717, 1.165) is 6.92 Å². The highest BCUT2D eigenvalue weighted by molar-refractivity contribution is 6.25. The second-order valence-corrected chi connectivity index (χ2v) is 11.3. The molecule has 0 heterocycles. The van der Waals surface area contributed by atoms with E-state index in [0.29, 0.717) is 11.1 Å². The maximum atomic E-state index is 13.9. The summed E-state index contributed by atoms with van der Waals surface area (Å²) in [6.45, 7) is 7.92. The standard InChI is InChI=1S/C29H32O9/c1-13(2)21-23(33)19(14(3)30)25(35)29(37)26(36)22-24(34)20-16(11-27(22,4)12-28(21,29)5)15(7-9-17(20)31)8-10-18(32)38-6/h7-10,13,21,31,33,36-37H,11-12H2,1-6H3/b10-8+/t21?,27-,28-,29+/m1/s1. The van der Waals surface area contributed by atoms with Gasteiger partial charge in [0.25, 0.3) is 0 Å². The van der Waals surface area contributed by atoms with Crippen molar-refractivity contribution in [2.45, 2.75) is 53.1 Å². The Morgan fingerprint density at radius 1 is 1.13 bits per heavy atom. The fourth-order valence-electron chi connectivity index (χ4n) is 7.14. The van der Waals surface area contributed by atoms with Crippen molar-refractivity contribution < 1.29 is 44.3 Å². The summed E-state index contributed by atoms with van der Waals surface area (Å²) in [5, 5.41) is 45.4. The zero-order chi connectivity index (χ0) is 28.5. The van der Waals surface area contributed by atoms with Crippen molar-refractivity contribution in [3.63, 3.8) is 0 Å². The van der Waals surface area contributed by atoms with Crippen molar-refractivity contribution in [3.05, 3.63) is 57.6 Å². The molecule has 1 aromatic carbocycles. The Morgan fingerprint density at radius 2 is 1.76 bits per heavy atom. The van der Waals surface area contributed by atoms with Crippen LogP contribution in [0.15, 0.2) is 40.9 Å². The number of aliphatic hydroxyl groups excluding tert-OH is 2. The molecule has 0 radical (unpaired) electrons. The smallest absolute Gasteiger partial charge is 0.330 e. The van der Waals surface area contributed by atoms with Crippen LogP contribution in [0.1, 0.15) is 62.5 Å². The van der Waals surface area contributed by atoms with E-state index in [4.69, 9.17) is 0 Å². The van der Waals surface area contributed by atoms with Crippen LogP contribution in [0, 0.1) is 22.7 Å². The van der Waals surface area contributed by atoms with E-state index < -0.39 is 62.8 Å². The number of allylic oxidation sites excluding steroid dienone is 2. The third kappa shape index (κ3) is 3.41. The summed E-state index contributed by atoms with van der Waals surface area (Å²) in [7, 11) is 1.23. The van der Waals surface area contributed by atoms with Crippen LogP contribution >= 0.6 is 0 Å². The molecular formula is C29H32O9. The summed E-state index contributed by atoms with van der Waals surface area (Å²) >= 11 is 0. The molecule has 9 heteroatoms. The van der Waals surface area contributed by atoms with Crippen LogP contribution in [0.4, 0.5) is 0 Å². The summed E-state index contributed by atoms with van der Waals surface area (Å²) in [5.74, 6) is -6.24. The zero-order valence-corrected chi connectivity index (χ0v) is 22.2. The van der Waals surface area contributed by atoms with Crippen molar-refractivity contribution in [2.75, 3.05) is 7.11 Å². The van der Waals surface area contributed by atoms with Crippen molar-refractivity contribution in [2.24, 2.45) is 22.7 Å². The lowest BCUT2D eigenvalue weighted by molar-refractivity contribution is -0.171. The highest BCUT2D eigenvalue weighted by Gasteiger charge is 2.71. The van der Waals surface area contributed by atoms with Crippen molar-refractivity contribution >= 4 is 29.4 Å². The van der Waals surface area contributed by atoms with Crippen LogP contribution in [0.3, 0.4) is 0 Å². The van der Waals surface area contributed by atoms with Crippen LogP contribution in [-0.4, -0.2) is 56.5 Å². The van der Waals surface area contributed by atoms with Gasteiger partial charge in [0, 0.05) is 28.4 Å². The van der Waals surface area contributed by atoms with Gasteiger partial charge < -0.3 is 25.2 Å². The number of ether oxygens (including phenoxy) is 1. The first kappa shape index (κ1) is 27.3. The number of ketones is 3. The number of benzene rings is 1. The molecule has 0 amide bonds. The van der Waals surface area contributed by atoms with Gasteiger partial charge in [-0.15, -0.1) is 0 Å². The molecule has 3 aliphatic carbocycles. The Kier molecular flexibility index (Phi) is 6.23. The Bertz CT molecular complexity index is 1390. The van der Waals surface area contributed by atoms with Crippen molar-refractivity contribution in [3.8, 4) is 5.75 Å². The quantitative estimate of drug-likeness (QED) is 0.263. The number of carbonyl (C=O) groups is 4. The van der Waals surface area contributed by atoms with E-state index in [1.54, 1.807) is 33.8 Å². The number of phenols is 1. The van der Waals surface area contributed by atoms with Gasteiger partial charge in [0.1, 0.15) is 22.8 Å². The lowest BCUT2D eigenvalue weighted by Crippen LogP contribution is -2.67. The normalized spacial score (nSPS) is 30.9. The Balaban J connectivity index is 2.03. The highest BCUT2D eigenvalue weighted by Crippen LogP contribution is 2.65. The Labute approximate surface area is 220 Å². The number of hydrogen-bond acceptors (Lipinski definition) is 9. The van der Waals surface area contributed by atoms with Gasteiger partial charge in [-0.3, -0.25) is 14.4 Å². The molecule has 9 nitrogen and oxygen atoms in total. The predicted molar refractivity (Wildman–Crippen MR) is 136 cm³/mol. The third-order valence-corrected chi connectivity index (χ3v) is 8.53. The topological polar surface area (TPSA) is 158 Å². The summed E-state index contributed by atoms with van der Waals surface area (Å²) in [4.78, 5) is 51.7. The van der Waals surface area contributed by atoms with Crippen molar-refractivity contribution in [1.29, 1.82) is 0 Å². The fourth-order valence-corrected chi connectivity index (χ4v) is 7.14. The first-order valence-corrected chi connectivity index (χ1v) is 12.4. The lowest BCUT2D eigenvalue weighted by atomic mass is 9.44. The maximum Gasteiger partial charge on any atom is 0.330 e. The molecule has 4 N–H and O–H groups in total. The number of methoxy groups -OCH3 is 1. The molecule has 0 aromatic heterocycles. The van der Waals surface area contributed by atoms with E-state index in [9.17, 15) is 39.6 Å². The second-order valence-electron chi connectivity index (χ2n) is 11.3. The molecule has 0 saturated carbocycles. The van der Waals surface area contributed by atoms with Gasteiger partial charge in [-0.25, -0.2) is 4.79 Å². The van der Waals surface area contributed by atoms with Gasteiger partial charge in [0.05, 0.1) is 12.7 Å². The second kappa shape index (κ2) is 8.66. The fraction of sp³-hybridized carbons (Fsp3) is 0.448. The van der Waals surface area contributed by atoms with Crippen LogP contribution in [0.25, 0.3) is 6.08 Å². The predicted octanol–water partition coefficient (Wildman–Crippen LogP) is 3.53. The molecule has 0 spiro atoms. The van der Waals surface area contributed by atoms with Gasteiger partial charge in [-0.05, 0) is 49.0 Å². The van der Waals surface area contributed by atoms with Crippen LogP contribution in [0.2, 0.25) is 0 Å². The molecule has 0 saturated heterocycles. The molecular weight excluding hydrogens is 492 g/mol. The lowest BCUT2D eigenvalue weighted by Gasteiger charge is -2.59. The third-order valence-electron chi connectivity index (χ3n) is 8.53. The number of hydrogen-bond donors (Lipinski definition) is 4. The van der Waals surface area contributed by atoms with E-state index in [-0.39, 0.29) is 35.6 Å². The first-order valence-electron chi connectivity index (χ1n) is 12.4. The van der Waals surface area contributed by atoms with Crippen LogP contribution in [-0.2, 0) is 25.5 Å². The average molecular weight is 525 g/mol. The molecule has 4 atom stereocenters. The van der Waals surface area contributed by atoms with Crippen LogP contribution < -0.4 is 0 Å². The van der Waals surface area contributed by atoms with Gasteiger partial charge in [-0.2, -0.15) is 0 Å². The molecule has 38 heavy (non-hydrogen) atoms. The summed E-state index contributed by atoms with van der Waals surface area (Å²) < 4.78 is 4.65. The molecule has 0 aliphatic heterocycles. The van der Waals surface area contributed by atoms with Gasteiger partial charge in [0.15, 0.2) is 17.2 Å². The number of phenolic OH excluding ortho intramolecular Hbond substituents is 1. The molecule has 0 bridgehead atoms.